The van der Waals surface area contributed by atoms with E-state index in [2.05, 4.69) is 0 Å². The molecule has 0 spiro atoms. The Morgan fingerprint density at radius 1 is 0.950 bits per heavy atom. The highest BCUT2D eigenvalue weighted by Crippen LogP contribution is 2.41. The van der Waals surface area contributed by atoms with Crippen LogP contribution in [-0.4, -0.2) is 41.5 Å². The molecule has 1 fully saturated rings. The summed E-state index contributed by atoms with van der Waals surface area (Å²) in [6.45, 7) is 10.5. The van der Waals surface area contributed by atoms with Crippen molar-refractivity contribution >= 4 is 17.4 Å². The first-order valence-electron chi connectivity index (χ1n) is 13.6. The largest absolute Gasteiger partial charge is 0.507 e. The summed E-state index contributed by atoms with van der Waals surface area (Å²) in [4.78, 5) is 28.5. The maximum Gasteiger partial charge on any atom is 0.295 e. The number of likely N-dealkylation sites (tertiary alicyclic amines) is 1. The average Bonchev–Trinajstić information content (AvgIpc) is 3.18. The minimum atomic E-state index is -0.798. The number of amides is 1. The van der Waals surface area contributed by atoms with Gasteiger partial charge < -0.3 is 24.2 Å². The molecule has 1 aliphatic heterocycles. The van der Waals surface area contributed by atoms with Crippen molar-refractivity contribution in [3.05, 3.63) is 94.6 Å². The third kappa shape index (κ3) is 5.98. The molecule has 3 aromatic carbocycles. The second-order valence-electron chi connectivity index (χ2n) is 10.4. The standard InChI is InChI=1S/C33H37NO6/c1-7-39-28-16-13-24(18-27(28)20(2)3)31(35)29-30(23-11-14-25(15-12-23)40-21(4)5)34(33(37)32(29)36)19-22-9-8-10-26(17-22)38-6/h8-18,20-21,30,35H,7,19H2,1-6H3/b31-29-. The molecule has 0 radical (unpaired) electrons. The van der Waals surface area contributed by atoms with E-state index in [1.807, 2.05) is 89.2 Å². The molecule has 1 atom stereocenters. The van der Waals surface area contributed by atoms with Gasteiger partial charge in [-0.3, -0.25) is 9.59 Å². The molecule has 0 aromatic heterocycles. The van der Waals surface area contributed by atoms with Gasteiger partial charge in [0.25, 0.3) is 11.7 Å². The smallest absolute Gasteiger partial charge is 0.295 e. The van der Waals surface area contributed by atoms with Gasteiger partial charge in [0.1, 0.15) is 23.0 Å². The number of benzene rings is 3. The van der Waals surface area contributed by atoms with E-state index in [1.54, 1.807) is 19.2 Å². The minimum absolute atomic E-state index is 0.000593. The van der Waals surface area contributed by atoms with Crippen LogP contribution < -0.4 is 14.2 Å². The van der Waals surface area contributed by atoms with Gasteiger partial charge in [-0.2, -0.15) is 0 Å². The Balaban J connectivity index is 1.85. The van der Waals surface area contributed by atoms with Crippen molar-refractivity contribution in [2.24, 2.45) is 0 Å². The molecule has 1 heterocycles. The molecule has 7 heteroatoms. The van der Waals surface area contributed by atoms with E-state index in [0.717, 1.165) is 16.9 Å². The average molecular weight is 544 g/mol. The van der Waals surface area contributed by atoms with Crippen molar-refractivity contribution < 1.29 is 28.9 Å². The van der Waals surface area contributed by atoms with Crippen LogP contribution in [0.4, 0.5) is 0 Å². The van der Waals surface area contributed by atoms with Crippen LogP contribution in [0.2, 0.25) is 0 Å². The highest BCUT2D eigenvalue weighted by atomic mass is 16.5. The summed E-state index contributed by atoms with van der Waals surface area (Å²) < 4.78 is 16.9. The van der Waals surface area contributed by atoms with Crippen molar-refractivity contribution in [2.75, 3.05) is 13.7 Å². The summed E-state index contributed by atoms with van der Waals surface area (Å²) >= 11 is 0. The van der Waals surface area contributed by atoms with E-state index in [1.165, 1.54) is 4.90 Å². The number of methoxy groups -OCH3 is 1. The van der Waals surface area contributed by atoms with Crippen LogP contribution in [0.15, 0.2) is 72.3 Å². The van der Waals surface area contributed by atoms with Crippen LogP contribution in [0.5, 0.6) is 17.2 Å². The Labute approximate surface area is 236 Å². The number of aliphatic hydroxyl groups excluding tert-OH is 1. The van der Waals surface area contributed by atoms with Gasteiger partial charge >= 0.3 is 0 Å². The fourth-order valence-corrected chi connectivity index (χ4v) is 4.95. The summed E-state index contributed by atoms with van der Waals surface area (Å²) in [7, 11) is 1.58. The van der Waals surface area contributed by atoms with Gasteiger partial charge in [0.2, 0.25) is 0 Å². The van der Waals surface area contributed by atoms with Gasteiger partial charge in [0.15, 0.2) is 0 Å². The summed E-state index contributed by atoms with van der Waals surface area (Å²) in [6.07, 6.45) is -0.000593. The lowest BCUT2D eigenvalue weighted by atomic mass is 9.93. The maximum atomic E-state index is 13.5. The molecule has 0 saturated carbocycles. The van der Waals surface area contributed by atoms with Crippen LogP contribution in [-0.2, 0) is 16.1 Å². The lowest BCUT2D eigenvalue weighted by Gasteiger charge is -2.26. The second-order valence-corrected chi connectivity index (χ2v) is 10.4. The first-order chi connectivity index (χ1) is 19.1. The highest BCUT2D eigenvalue weighted by molar-refractivity contribution is 6.46. The molecule has 3 aromatic rings. The zero-order chi connectivity index (χ0) is 29.0. The quantitative estimate of drug-likeness (QED) is 0.176. The van der Waals surface area contributed by atoms with Gasteiger partial charge in [-0.05, 0) is 85.8 Å². The Morgan fingerprint density at radius 2 is 1.68 bits per heavy atom. The molecule has 0 aliphatic carbocycles. The number of nitrogens with zero attached hydrogens (tertiary/aromatic N) is 1. The van der Waals surface area contributed by atoms with Gasteiger partial charge in [-0.1, -0.05) is 38.1 Å². The molecule has 1 unspecified atom stereocenters. The second kappa shape index (κ2) is 12.3. The summed E-state index contributed by atoms with van der Waals surface area (Å²) in [6, 6.07) is 19.2. The van der Waals surface area contributed by atoms with E-state index < -0.39 is 17.7 Å². The van der Waals surface area contributed by atoms with Crippen molar-refractivity contribution in [3.8, 4) is 17.2 Å². The van der Waals surface area contributed by atoms with Crippen molar-refractivity contribution in [2.45, 2.75) is 59.2 Å². The van der Waals surface area contributed by atoms with Crippen LogP contribution >= 0.6 is 0 Å². The first-order valence-corrected chi connectivity index (χ1v) is 13.6. The van der Waals surface area contributed by atoms with E-state index in [4.69, 9.17) is 14.2 Å². The lowest BCUT2D eigenvalue weighted by molar-refractivity contribution is -0.140. The van der Waals surface area contributed by atoms with Crippen molar-refractivity contribution in [3.63, 3.8) is 0 Å². The van der Waals surface area contributed by atoms with E-state index >= 15 is 0 Å². The zero-order valence-electron chi connectivity index (χ0n) is 23.9. The van der Waals surface area contributed by atoms with Gasteiger partial charge in [-0.15, -0.1) is 0 Å². The molecule has 0 bridgehead atoms. The Bertz CT molecular complexity index is 1410. The fourth-order valence-electron chi connectivity index (χ4n) is 4.95. The third-order valence-electron chi connectivity index (χ3n) is 6.80. The van der Waals surface area contributed by atoms with E-state index in [0.29, 0.717) is 29.2 Å². The maximum absolute atomic E-state index is 13.5. The molecule has 40 heavy (non-hydrogen) atoms. The number of ether oxygens (including phenoxy) is 3. The minimum Gasteiger partial charge on any atom is -0.507 e. The number of hydrogen-bond acceptors (Lipinski definition) is 6. The topological polar surface area (TPSA) is 85.3 Å². The summed E-state index contributed by atoms with van der Waals surface area (Å²) in [5, 5.41) is 11.6. The van der Waals surface area contributed by atoms with Gasteiger partial charge in [0.05, 0.1) is 31.4 Å². The highest BCUT2D eigenvalue weighted by Gasteiger charge is 2.46. The molecule has 7 nitrogen and oxygen atoms in total. The molecule has 210 valence electrons. The molecule has 4 rings (SSSR count). The predicted molar refractivity (Wildman–Crippen MR) is 155 cm³/mol. The first kappa shape index (κ1) is 28.7. The Kier molecular flexibility index (Phi) is 8.83. The third-order valence-corrected chi connectivity index (χ3v) is 6.80. The molecule has 1 saturated heterocycles. The van der Waals surface area contributed by atoms with Crippen LogP contribution in [0, 0.1) is 0 Å². The molecule has 1 aliphatic rings. The summed E-state index contributed by atoms with van der Waals surface area (Å²) in [5.41, 5.74) is 2.90. The predicted octanol–water partition coefficient (Wildman–Crippen LogP) is 6.63. The molecule has 1 N–H and O–H groups in total. The number of rotatable bonds is 10. The van der Waals surface area contributed by atoms with Crippen molar-refractivity contribution in [1.29, 1.82) is 0 Å². The van der Waals surface area contributed by atoms with Crippen LogP contribution in [0.1, 0.15) is 68.8 Å². The van der Waals surface area contributed by atoms with E-state index in [9.17, 15) is 14.7 Å². The van der Waals surface area contributed by atoms with Gasteiger partial charge in [0, 0.05) is 12.1 Å². The number of ketones is 1. The molecular formula is C33H37NO6. The van der Waals surface area contributed by atoms with Crippen molar-refractivity contribution in [1.82, 2.24) is 4.90 Å². The number of carbonyl (C=O) groups is 2. The van der Waals surface area contributed by atoms with E-state index in [-0.39, 0.29) is 29.9 Å². The summed E-state index contributed by atoms with van der Waals surface area (Å²) in [5.74, 6) is 0.552. The zero-order valence-corrected chi connectivity index (χ0v) is 23.9. The Morgan fingerprint density at radius 3 is 2.30 bits per heavy atom. The normalized spacial score (nSPS) is 16.6. The van der Waals surface area contributed by atoms with Crippen LogP contribution in [0.3, 0.4) is 0 Å². The monoisotopic (exact) mass is 543 g/mol. The number of carbonyl (C=O) groups excluding carboxylic acids is 2. The van der Waals surface area contributed by atoms with Gasteiger partial charge in [-0.25, -0.2) is 0 Å². The number of Topliss-reactive ketones (excluding diaryl/α,β-unsaturated/α-hetero) is 1. The fraction of sp³-hybridized carbons (Fsp3) is 0.333. The molecular weight excluding hydrogens is 506 g/mol. The molecule has 1 amide bonds. The Hall–Kier alpha value is -4.26. The van der Waals surface area contributed by atoms with Crippen LogP contribution in [0.25, 0.3) is 5.76 Å². The number of hydrogen-bond donors (Lipinski definition) is 1. The lowest BCUT2D eigenvalue weighted by Crippen LogP contribution is -2.29. The SMILES string of the molecule is CCOc1ccc(/C(O)=C2/C(=O)C(=O)N(Cc3cccc(OC)c3)C2c2ccc(OC(C)C)cc2)cc1C(C)C. The number of aliphatic hydroxyl groups is 1.